The highest BCUT2D eigenvalue weighted by Gasteiger charge is 2.60. The average Bonchev–Trinajstić information content (AvgIpc) is 3.26. The van der Waals surface area contributed by atoms with E-state index >= 15 is 0 Å². The Kier molecular flexibility index (Phi) is 9.71. The molecule has 3 saturated carbocycles. The molecule has 6 nitrogen and oxygen atoms in total. The first-order valence-corrected chi connectivity index (χ1v) is 17.1. The molecule has 236 valence electrons. The van der Waals surface area contributed by atoms with Gasteiger partial charge in [-0.25, -0.2) is 0 Å². The van der Waals surface area contributed by atoms with Crippen LogP contribution in [0.3, 0.4) is 0 Å². The molecule has 1 aliphatic heterocycles. The summed E-state index contributed by atoms with van der Waals surface area (Å²) >= 11 is 0. The highest BCUT2D eigenvalue weighted by molar-refractivity contribution is 5.26. The van der Waals surface area contributed by atoms with E-state index in [4.69, 9.17) is 9.47 Å². The second-order valence-corrected chi connectivity index (χ2v) is 15.7. The number of fused-ring (bicyclic) bond motifs is 5. The van der Waals surface area contributed by atoms with E-state index in [1.54, 1.807) is 0 Å². The van der Waals surface area contributed by atoms with Gasteiger partial charge < -0.3 is 29.9 Å². The zero-order valence-corrected chi connectivity index (χ0v) is 26.7. The van der Waals surface area contributed by atoms with Crippen LogP contribution in [-0.4, -0.2) is 63.8 Å². The quantitative estimate of drug-likeness (QED) is 0.257. The predicted octanol–water partition coefficient (Wildman–Crippen LogP) is 5.85. The number of hydrogen-bond donors (Lipinski definition) is 4. The number of allylic oxidation sites excluding steroid dienone is 1. The Hall–Kier alpha value is -0.500. The van der Waals surface area contributed by atoms with Crippen molar-refractivity contribution in [1.82, 2.24) is 0 Å². The fourth-order valence-electron chi connectivity index (χ4n) is 11.0. The van der Waals surface area contributed by atoms with Crippen LogP contribution < -0.4 is 0 Å². The molecule has 5 rings (SSSR count). The largest absolute Gasteiger partial charge is 0.394 e. The van der Waals surface area contributed by atoms with Crippen LogP contribution in [0.2, 0.25) is 0 Å². The van der Waals surface area contributed by atoms with Crippen molar-refractivity contribution in [2.75, 3.05) is 6.61 Å². The Bertz CT molecular complexity index is 918. The summed E-state index contributed by atoms with van der Waals surface area (Å²) in [5, 5.41) is 40.4. The highest BCUT2D eigenvalue weighted by Crippen LogP contribution is 2.68. The molecule has 14 unspecified atom stereocenters. The maximum atomic E-state index is 10.5. The number of hydrogen-bond acceptors (Lipinski definition) is 6. The summed E-state index contributed by atoms with van der Waals surface area (Å²) in [7, 11) is 0. The van der Waals surface area contributed by atoms with Gasteiger partial charge in [0.05, 0.1) is 12.7 Å². The summed E-state index contributed by atoms with van der Waals surface area (Å²) in [5.41, 5.74) is 2.16. The summed E-state index contributed by atoms with van der Waals surface area (Å²) in [6.45, 7) is 14.4. The van der Waals surface area contributed by atoms with E-state index in [1.807, 2.05) is 0 Å². The van der Waals surface area contributed by atoms with Crippen LogP contribution in [0.1, 0.15) is 112 Å². The maximum Gasteiger partial charge on any atom is 0.186 e. The van der Waals surface area contributed by atoms with Crippen LogP contribution in [0.4, 0.5) is 0 Å². The lowest BCUT2D eigenvalue weighted by molar-refractivity contribution is -0.313. The molecule has 6 heteroatoms. The van der Waals surface area contributed by atoms with Gasteiger partial charge in [0.1, 0.15) is 24.4 Å². The van der Waals surface area contributed by atoms with E-state index in [1.165, 1.54) is 56.9 Å². The van der Waals surface area contributed by atoms with Crippen molar-refractivity contribution < 1.29 is 29.9 Å². The normalized spacial score (nSPS) is 48.8. The van der Waals surface area contributed by atoms with Crippen LogP contribution in [0.15, 0.2) is 11.6 Å². The molecule has 4 fully saturated rings. The Labute approximate surface area is 249 Å². The van der Waals surface area contributed by atoms with Crippen LogP contribution in [0.5, 0.6) is 0 Å². The lowest BCUT2D eigenvalue weighted by Gasteiger charge is -2.60. The number of aliphatic hydroxyl groups excluding tert-OH is 4. The molecule has 5 aliphatic rings. The summed E-state index contributed by atoms with van der Waals surface area (Å²) < 4.78 is 11.9. The predicted molar refractivity (Wildman–Crippen MR) is 161 cm³/mol. The Morgan fingerprint density at radius 1 is 1.07 bits per heavy atom. The maximum absolute atomic E-state index is 10.5. The Morgan fingerprint density at radius 2 is 1.83 bits per heavy atom. The lowest BCUT2D eigenvalue weighted by atomic mass is 9.44. The molecule has 0 radical (unpaired) electrons. The van der Waals surface area contributed by atoms with Gasteiger partial charge >= 0.3 is 0 Å². The second kappa shape index (κ2) is 12.5. The highest BCUT2D eigenvalue weighted by atomic mass is 16.7. The van der Waals surface area contributed by atoms with Crippen LogP contribution >= 0.6 is 0 Å². The summed E-state index contributed by atoms with van der Waals surface area (Å²) in [6.07, 6.45) is 9.99. The first kappa shape index (κ1) is 31.9. The van der Waals surface area contributed by atoms with Crippen molar-refractivity contribution in [3.63, 3.8) is 0 Å². The molecule has 0 spiro atoms. The molecule has 4 N–H and O–H groups in total. The van der Waals surface area contributed by atoms with Gasteiger partial charge in [0, 0.05) is 0 Å². The Balaban J connectivity index is 1.25. The molecular weight excluding hydrogens is 516 g/mol. The molecule has 4 aliphatic carbocycles. The lowest BCUT2D eigenvalue weighted by Crippen LogP contribution is -2.60. The fraction of sp³-hybridized carbons (Fsp3) is 0.943. The minimum Gasteiger partial charge on any atom is -0.394 e. The van der Waals surface area contributed by atoms with Gasteiger partial charge in [0.2, 0.25) is 0 Å². The van der Waals surface area contributed by atoms with Crippen molar-refractivity contribution in [2.45, 2.75) is 149 Å². The minimum absolute atomic E-state index is 0.106. The van der Waals surface area contributed by atoms with Gasteiger partial charge in [0.15, 0.2) is 6.29 Å². The second-order valence-electron chi connectivity index (χ2n) is 15.7. The summed E-state index contributed by atoms with van der Waals surface area (Å²) in [4.78, 5) is 0. The van der Waals surface area contributed by atoms with Crippen molar-refractivity contribution in [1.29, 1.82) is 0 Å². The average molecular weight is 577 g/mol. The van der Waals surface area contributed by atoms with Gasteiger partial charge in [-0.15, -0.1) is 0 Å². The molecule has 14 atom stereocenters. The molecule has 0 amide bonds. The van der Waals surface area contributed by atoms with Crippen LogP contribution in [0, 0.1) is 52.3 Å². The van der Waals surface area contributed by atoms with Gasteiger partial charge in [-0.3, -0.25) is 0 Å². The topological polar surface area (TPSA) is 99.4 Å². The molecule has 0 aromatic rings. The van der Waals surface area contributed by atoms with Crippen LogP contribution in [0.25, 0.3) is 0 Å². The van der Waals surface area contributed by atoms with Gasteiger partial charge in [-0.1, -0.05) is 72.5 Å². The third kappa shape index (κ3) is 5.73. The Morgan fingerprint density at radius 3 is 2.51 bits per heavy atom. The van der Waals surface area contributed by atoms with E-state index in [9.17, 15) is 20.4 Å². The van der Waals surface area contributed by atoms with Crippen LogP contribution in [-0.2, 0) is 9.47 Å². The first-order valence-electron chi connectivity index (χ1n) is 17.1. The standard InChI is InChI=1S/C35H60O6/c1-7-22(20(2)3)9-8-10-23-12-14-27-26-13-11-24-17-25(40-33-32(39)31(38)30(37)28(19-36)41-33)15-16-34(24,5)29(26)21(4)18-35(23,27)6/h11,20-23,25-33,36-39H,7-10,12-19H2,1-6H3. The molecule has 41 heavy (non-hydrogen) atoms. The molecular formula is C35H60O6. The van der Waals surface area contributed by atoms with Crippen molar-refractivity contribution >= 4 is 0 Å². The number of ether oxygens (including phenoxy) is 2. The monoisotopic (exact) mass is 576 g/mol. The van der Waals surface area contributed by atoms with Crippen molar-refractivity contribution in [3.8, 4) is 0 Å². The summed E-state index contributed by atoms with van der Waals surface area (Å²) in [6, 6.07) is 0. The molecule has 0 aromatic heterocycles. The summed E-state index contributed by atoms with van der Waals surface area (Å²) in [5.74, 6) is 5.56. The van der Waals surface area contributed by atoms with E-state index in [0.29, 0.717) is 17.3 Å². The third-order valence-corrected chi connectivity index (χ3v) is 13.3. The zero-order valence-electron chi connectivity index (χ0n) is 26.7. The molecule has 1 saturated heterocycles. The third-order valence-electron chi connectivity index (χ3n) is 13.3. The molecule has 0 aromatic carbocycles. The van der Waals surface area contributed by atoms with Gasteiger partial charge in [-0.2, -0.15) is 0 Å². The fourth-order valence-corrected chi connectivity index (χ4v) is 11.0. The molecule has 1 heterocycles. The van der Waals surface area contributed by atoms with E-state index < -0.39 is 37.3 Å². The van der Waals surface area contributed by atoms with Crippen molar-refractivity contribution in [3.05, 3.63) is 11.6 Å². The van der Waals surface area contributed by atoms with Gasteiger partial charge in [-0.05, 0) is 104 Å². The number of rotatable bonds is 9. The van der Waals surface area contributed by atoms with Crippen molar-refractivity contribution in [2.24, 2.45) is 52.3 Å². The zero-order chi connectivity index (χ0) is 29.7. The smallest absolute Gasteiger partial charge is 0.186 e. The van der Waals surface area contributed by atoms with E-state index in [2.05, 4.69) is 47.6 Å². The SMILES string of the molecule is CCC(CCCC1CCC2C3CC=C4CC(OC5OC(CO)C(O)C(O)C5O)CCC4(C)C3C(C)CC12C)C(C)C. The van der Waals surface area contributed by atoms with E-state index in [0.717, 1.165) is 48.9 Å². The number of aliphatic hydroxyl groups is 4. The van der Waals surface area contributed by atoms with E-state index in [-0.39, 0.29) is 11.5 Å². The minimum atomic E-state index is -1.40. The first-order chi connectivity index (χ1) is 19.4. The molecule has 0 bridgehead atoms. The van der Waals surface area contributed by atoms with Gasteiger partial charge in [0.25, 0.3) is 0 Å².